The van der Waals surface area contributed by atoms with Gasteiger partial charge < -0.3 is 14.5 Å². The summed E-state index contributed by atoms with van der Waals surface area (Å²) in [6.45, 7) is 1.30. The first-order valence-corrected chi connectivity index (χ1v) is 6.41. The molecule has 1 aliphatic heterocycles. The fourth-order valence-corrected chi connectivity index (χ4v) is 2.16. The van der Waals surface area contributed by atoms with Gasteiger partial charge in [-0.1, -0.05) is 0 Å². The monoisotopic (exact) mass is 278 g/mol. The number of ether oxygens (including phenoxy) is 1. The van der Waals surface area contributed by atoms with Crippen molar-refractivity contribution in [3.63, 3.8) is 0 Å². The van der Waals surface area contributed by atoms with Gasteiger partial charge in [-0.25, -0.2) is 0 Å². The highest BCUT2D eigenvalue weighted by molar-refractivity contribution is 5.91. The fraction of sp³-hybridized carbons (Fsp3) is 0.538. The number of methoxy groups -OCH3 is 1. The Bertz CT molecular complexity index is 501. The molecule has 0 radical (unpaired) electrons. The van der Waals surface area contributed by atoms with Crippen LogP contribution < -0.4 is 4.90 Å². The summed E-state index contributed by atoms with van der Waals surface area (Å²) in [5.74, 6) is 0.175. The van der Waals surface area contributed by atoms with E-state index in [4.69, 9.17) is 4.74 Å². The molecular weight excluding hydrogens is 260 g/mol. The molecule has 0 N–H and O–H groups in total. The average molecular weight is 278 g/mol. The van der Waals surface area contributed by atoms with Crippen molar-refractivity contribution in [1.29, 1.82) is 0 Å². The molecule has 1 aromatic rings. The molecule has 1 aliphatic rings. The normalized spacial score (nSPS) is 17.9. The molecule has 0 saturated carbocycles. The van der Waals surface area contributed by atoms with Crippen LogP contribution in [0.5, 0.6) is 0 Å². The molecule has 7 heteroatoms. The first-order chi connectivity index (χ1) is 9.52. The van der Waals surface area contributed by atoms with Crippen molar-refractivity contribution < 1.29 is 14.3 Å². The summed E-state index contributed by atoms with van der Waals surface area (Å²) in [5.41, 5.74) is 0.308. The quantitative estimate of drug-likeness (QED) is 0.734. The van der Waals surface area contributed by atoms with Crippen molar-refractivity contribution in [2.75, 3.05) is 39.2 Å². The van der Waals surface area contributed by atoms with Crippen LogP contribution in [0.25, 0.3) is 0 Å². The van der Waals surface area contributed by atoms with Crippen LogP contribution in [0.4, 0.5) is 5.82 Å². The number of nitrogens with zero attached hydrogens (tertiary/aromatic N) is 4. The standard InChI is InChI=1S/C13H18N4O3/c1-16(2)12(18)10-4-5-11(15-14-10)17-7-6-9(8-17)13(19)20-3/h4-5,9H,6-8H2,1-3H3. The van der Waals surface area contributed by atoms with Crippen LogP contribution in [-0.4, -0.2) is 61.3 Å². The minimum atomic E-state index is -0.195. The summed E-state index contributed by atoms with van der Waals surface area (Å²) in [5, 5.41) is 8.00. The lowest BCUT2D eigenvalue weighted by Crippen LogP contribution is -2.26. The molecule has 1 fully saturated rings. The van der Waals surface area contributed by atoms with Crippen molar-refractivity contribution in [2.24, 2.45) is 5.92 Å². The average Bonchev–Trinajstić information content (AvgIpc) is 2.95. The summed E-state index contributed by atoms with van der Waals surface area (Å²) in [6.07, 6.45) is 0.743. The number of carbonyl (C=O) groups is 2. The van der Waals surface area contributed by atoms with Gasteiger partial charge in [0.25, 0.3) is 5.91 Å². The van der Waals surface area contributed by atoms with Crippen LogP contribution in [0.1, 0.15) is 16.9 Å². The highest BCUT2D eigenvalue weighted by Gasteiger charge is 2.30. The molecular formula is C13H18N4O3. The highest BCUT2D eigenvalue weighted by atomic mass is 16.5. The van der Waals surface area contributed by atoms with Crippen LogP contribution in [0.15, 0.2) is 12.1 Å². The predicted molar refractivity (Wildman–Crippen MR) is 72.4 cm³/mol. The van der Waals surface area contributed by atoms with Crippen LogP contribution >= 0.6 is 0 Å². The molecule has 1 aromatic heterocycles. The lowest BCUT2D eigenvalue weighted by Gasteiger charge is -2.16. The molecule has 0 aliphatic carbocycles. The van der Waals surface area contributed by atoms with Crippen molar-refractivity contribution in [2.45, 2.75) is 6.42 Å². The van der Waals surface area contributed by atoms with Crippen LogP contribution in [0, 0.1) is 5.92 Å². The van der Waals surface area contributed by atoms with Crippen molar-refractivity contribution in [3.05, 3.63) is 17.8 Å². The highest BCUT2D eigenvalue weighted by Crippen LogP contribution is 2.22. The molecule has 2 rings (SSSR count). The van der Waals surface area contributed by atoms with E-state index in [1.54, 1.807) is 26.2 Å². The summed E-state index contributed by atoms with van der Waals surface area (Å²) in [7, 11) is 4.73. The molecule has 1 saturated heterocycles. The Morgan fingerprint density at radius 3 is 2.65 bits per heavy atom. The van der Waals surface area contributed by atoms with E-state index in [0.717, 1.165) is 13.0 Å². The molecule has 1 atom stereocenters. The van der Waals surface area contributed by atoms with Gasteiger partial charge in [0.2, 0.25) is 0 Å². The molecule has 7 nitrogen and oxygen atoms in total. The zero-order valence-corrected chi connectivity index (χ0v) is 11.9. The van der Waals surface area contributed by atoms with Gasteiger partial charge in [0, 0.05) is 27.2 Å². The topological polar surface area (TPSA) is 75.6 Å². The van der Waals surface area contributed by atoms with E-state index in [0.29, 0.717) is 18.1 Å². The van der Waals surface area contributed by atoms with Gasteiger partial charge >= 0.3 is 5.97 Å². The second-order valence-electron chi connectivity index (χ2n) is 4.93. The molecule has 0 bridgehead atoms. The lowest BCUT2D eigenvalue weighted by atomic mass is 10.1. The van der Waals surface area contributed by atoms with E-state index in [-0.39, 0.29) is 17.8 Å². The number of anilines is 1. The molecule has 2 heterocycles. The third-order valence-electron chi connectivity index (χ3n) is 3.32. The zero-order chi connectivity index (χ0) is 14.7. The maximum atomic E-state index is 11.7. The van der Waals surface area contributed by atoms with E-state index in [1.165, 1.54) is 12.0 Å². The Balaban J connectivity index is 2.05. The Morgan fingerprint density at radius 1 is 1.35 bits per heavy atom. The van der Waals surface area contributed by atoms with Gasteiger partial charge in [-0.2, -0.15) is 0 Å². The van der Waals surface area contributed by atoms with Gasteiger partial charge in [-0.15, -0.1) is 10.2 Å². The molecule has 0 spiro atoms. The zero-order valence-electron chi connectivity index (χ0n) is 11.9. The summed E-state index contributed by atoms with van der Waals surface area (Å²) < 4.78 is 4.74. The van der Waals surface area contributed by atoms with E-state index < -0.39 is 0 Å². The molecule has 1 unspecified atom stereocenters. The fourth-order valence-electron chi connectivity index (χ4n) is 2.16. The van der Waals surface area contributed by atoms with Gasteiger partial charge in [-0.3, -0.25) is 9.59 Å². The Hall–Kier alpha value is -2.18. The van der Waals surface area contributed by atoms with Gasteiger partial charge in [0.1, 0.15) is 0 Å². The predicted octanol–water partition coefficient (Wildman–Crippen LogP) is 0.178. The van der Waals surface area contributed by atoms with Gasteiger partial charge in [-0.05, 0) is 18.6 Å². The number of hydrogen-bond acceptors (Lipinski definition) is 6. The number of hydrogen-bond donors (Lipinski definition) is 0. The summed E-state index contributed by atoms with van der Waals surface area (Å²) in [6, 6.07) is 3.40. The maximum Gasteiger partial charge on any atom is 0.310 e. The third kappa shape index (κ3) is 2.87. The van der Waals surface area contributed by atoms with Crippen molar-refractivity contribution in [1.82, 2.24) is 15.1 Å². The smallest absolute Gasteiger partial charge is 0.310 e. The minimum Gasteiger partial charge on any atom is -0.469 e. The Labute approximate surface area is 117 Å². The first-order valence-electron chi connectivity index (χ1n) is 6.41. The second kappa shape index (κ2) is 5.85. The van der Waals surface area contributed by atoms with E-state index in [9.17, 15) is 9.59 Å². The first kappa shape index (κ1) is 14.2. The minimum absolute atomic E-state index is 0.120. The summed E-state index contributed by atoms with van der Waals surface area (Å²) >= 11 is 0. The lowest BCUT2D eigenvalue weighted by molar-refractivity contribution is -0.144. The number of esters is 1. The number of rotatable bonds is 3. The van der Waals surface area contributed by atoms with Crippen LogP contribution in [0.2, 0.25) is 0 Å². The number of aromatic nitrogens is 2. The largest absolute Gasteiger partial charge is 0.469 e. The van der Waals surface area contributed by atoms with Crippen LogP contribution in [0.3, 0.4) is 0 Å². The van der Waals surface area contributed by atoms with Crippen molar-refractivity contribution >= 4 is 17.7 Å². The molecule has 108 valence electrons. The molecule has 0 aromatic carbocycles. The van der Waals surface area contributed by atoms with E-state index in [1.807, 2.05) is 4.90 Å². The van der Waals surface area contributed by atoms with Crippen molar-refractivity contribution in [3.8, 4) is 0 Å². The van der Waals surface area contributed by atoms with Gasteiger partial charge in [0.05, 0.1) is 13.0 Å². The maximum absolute atomic E-state index is 11.7. The Kier molecular flexibility index (Phi) is 4.16. The number of carbonyl (C=O) groups excluding carboxylic acids is 2. The van der Waals surface area contributed by atoms with Gasteiger partial charge in [0.15, 0.2) is 11.5 Å². The van der Waals surface area contributed by atoms with E-state index >= 15 is 0 Å². The second-order valence-corrected chi connectivity index (χ2v) is 4.93. The molecule has 1 amide bonds. The van der Waals surface area contributed by atoms with Crippen LogP contribution in [-0.2, 0) is 9.53 Å². The summed E-state index contributed by atoms with van der Waals surface area (Å²) in [4.78, 5) is 26.6. The third-order valence-corrected chi connectivity index (χ3v) is 3.32. The SMILES string of the molecule is COC(=O)C1CCN(c2ccc(C(=O)N(C)C)nn2)C1. The van der Waals surface area contributed by atoms with E-state index in [2.05, 4.69) is 10.2 Å². The molecule has 20 heavy (non-hydrogen) atoms. The Morgan fingerprint density at radius 2 is 2.10 bits per heavy atom. The number of amides is 1.